The third-order valence-corrected chi connectivity index (χ3v) is 5.44. The van der Waals surface area contributed by atoms with Crippen LogP contribution in [-0.2, 0) is 16.0 Å². The Balaban J connectivity index is 2.61. The van der Waals surface area contributed by atoms with E-state index in [4.69, 9.17) is 20.6 Å². The number of hydrogen-bond acceptors (Lipinski definition) is 6. The lowest BCUT2D eigenvalue weighted by atomic mass is 9.90. The molecule has 2 aromatic carbocycles. The molecule has 0 bridgehead atoms. The molecule has 5 N–H and O–H groups in total. The molecule has 0 aliphatic carbocycles. The van der Waals surface area contributed by atoms with Crippen LogP contribution in [0.2, 0.25) is 0 Å². The topological polar surface area (TPSA) is 118 Å². The van der Waals surface area contributed by atoms with E-state index in [0.29, 0.717) is 22.6 Å². The average Bonchev–Trinajstić information content (AvgIpc) is 2.80. The number of carbonyl (C=O) groups is 1. The fourth-order valence-electron chi connectivity index (χ4n) is 3.46. The molecule has 0 amide bonds. The highest BCUT2D eigenvalue weighted by molar-refractivity contribution is 5.95. The molecule has 2 atom stereocenters. The molecule has 0 saturated heterocycles. The first-order valence-corrected chi connectivity index (χ1v) is 11.1. The molecular formula is C25H35N3O4. The van der Waals surface area contributed by atoms with Gasteiger partial charge in [0.15, 0.2) is 6.04 Å². The van der Waals surface area contributed by atoms with E-state index in [1.54, 1.807) is 31.2 Å². The summed E-state index contributed by atoms with van der Waals surface area (Å²) < 4.78 is 11.4. The highest BCUT2D eigenvalue weighted by atomic mass is 16.5. The van der Waals surface area contributed by atoms with Gasteiger partial charge in [0.25, 0.3) is 0 Å². The SMILES string of the molecule is CCOC(=O)C(Nc1ccc(C(=N)N)cc1)c1cc(CC)cc(C(C)CC)c1OCCO. The molecule has 32 heavy (non-hydrogen) atoms. The number of ether oxygens (including phenoxy) is 2. The molecular weight excluding hydrogens is 406 g/mol. The van der Waals surface area contributed by atoms with Gasteiger partial charge >= 0.3 is 5.97 Å². The fraction of sp³-hybridized carbons (Fsp3) is 0.440. The molecule has 2 unspecified atom stereocenters. The van der Waals surface area contributed by atoms with Crippen molar-refractivity contribution in [1.82, 2.24) is 0 Å². The normalized spacial score (nSPS) is 12.7. The highest BCUT2D eigenvalue weighted by Crippen LogP contribution is 2.38. The molecule has 7 nitrogen and oxygen atoms in total. The van der Waals surface area contributed by atoms with Gasteiger partial charge in [0, 0.05) is 16.8 Å². The minimum absolute atomic E-state index is 0.0213. The standard InChI is InChI=1S/C25H35N3O4/c1-5-16(4)20-14-17(6-2)15-21(23(20)32-13-12-29)22(25(30)31-7-3)28-19-10-8-18(9-11-19)24(26)27/h8-11,14-16,22,28-29H,5-7,12-13H2,1-4H3,(H3,26,27). The summed E-state index contributed by atoms with van der Waals surface area (Å²) >= 11 is 0. The first-order valence-electron chi connectivity index (χ1n) is 11.1. The van der Waals surface area contributed by atoms with Crippen molar-refractivity contribution in [2.45, 2.75) is 52.5 Å². The van der Waals surface area contributed by atoms with E-state index in [2.05, 4.69) is 32.2 Å². The van der Waals surface area contributed by atoms with Gasteiger partial charge in [-0.15, -0.1) is 0 Å². The molecule has 0 aromatic heterocycles. The van der Waals surface area contributed by atoms with E-state index in [9.17, 15) is 9.90 Å². The van der Waals surface area contributed by atoms with Gasteiger partial charge in [-0.2, -0.15) is 0 Å². The Bertz CT molecular complexity index is 912. The van der Waals surface area contributed by atoms with E-state index in [-0.39, 0.29) is 31.6 Å². The van der Waals surface area contributed by atoms with Gasteiger partial charge in [0.1, 0.15) is 18.2 Å². The van der Waals surface area contributed by atoms with Gasteiger partial charge in [-0.1, -0.05) is 26.8 Å². The van der Waals surface area contributed by atoms with Gasteiger partial charge in [-0.05, 0) is 67.1 Å². The van der Waals surface area contributed by atoms with Crippen LogP contribution in [0.15, 0.2) is 36.4 Å². The quantitative estimate of drug-likeness (QED) is 0.223. The van der Waals surface area contributed by atoms with Crippen molar-refractivity contribution in [2.24, 2.45) is 5.73 Å². The summed E-state index contributed by atoms with van der Waals surface area (Å²) in [6, 6.07) is 10.3. The molecule has 0 spiro atoms. The molecule has 2 aromatic rings. The number of carbonyl (C=O) groups excluding carboxylic acids is 1. The van der Waals surface area contributed by atoms with Gasteiger partial charge in [0.2, 0.25) is 0 Å². The van der Waals surface area contributed by atoms with Crippen LogP contribution < -0.4 is 15.8 Å². The van der Waals surface area contributed by atoms with Gasteiger partial charge in [-0.25, -0.2) is 4.79 Å². The number of aliphatic hydroxyl groups is 1. The molecule has 0 fully saturated rings. The van der Waals surface area contributed by atoms with Crippen molar-refractivity contribution >= 4 is 17.5 Å². The molecule has 0 heterocycles. The number of aryl methyl sites for hydroxylation is 1. The van der Waals surface area contributed by atoms with E-state index >= 15 is 0 Å². The smallest absolute Gasteiger partial charge is 0.333 e. The fourth-order valence-corrected chi connectivity index (χ4v) is 3.46. The van der Waals surface area contributed by atoms with Crippen molar-refractivity contribution in [2.75, 3.05) is 25.1 Å². The first kappa shape index (κ1) is 25.2. The third kappa shape index (κ3) is 6.23. The van der Waals surface area contributed by atoms with E-state index in [1.807, 2.05) is 6.07 Å². The Morgan fingerprint density at radius 1 is 1.16 bits per heavy atom. The molecule has 174 valence electrons. The Kier molecular flexibility index (Phi) is 9.53. The average molecular weight is 442 g/mol. The van der Waals surface area contributed by atoms with Crippen LogP contribution in [-0.4, -0.2) is 36.7 Å². The highest BCUT2D eigenvalue weighted by Gasteiger charge is 2.29. The number of nitrogens with one attached hydrogen (secondary N) is 2. The van der Waals surface area contributed by atoms with Crippen LogP contribution in [0, 0.1) is 5.41 Å². The molecule has 2 rings (SSSR count). The maximum absolute atomic E-state index is 13.1. The first-order chi connectivity index (χ1) is 15.4. The minimum atomic E-state index is -0.805. The molecule has 0 saturated carbocycles. The molecule has 0 aliphatic heterocycles. The zero-order chi connectivity index (χ0) is 23.7. The number of amidine groups is 1. The lowest BCUT2D eigenvalue weighted by Gasteiger charge is -2.26. The zero-order valence-electron chi connectivity index (χ0n) is 19.4. The maximum atomic E-state index is 13.1. The summed E-state index contributed by atoms with van der Waals surface area (Å²) in [7, 11) is 0. The Hall–Kier alpha value is -3.06. The number of aliphatic hydroxyl groups excluding tert-OH is 1. The van der Waals surface area contributed by atoms with E-state index in [0.717, 1.165) is 24.0 Å². The number of nitrogen functional groups attached to an aromatic ring is 1. The van der Waals surface area contributed by atoms with E-state index < -0.39 is 12.0 Å². The van der Waals surface area contributed by atoms with Crippen molar-refractivity contribution in [3.05, 3.63) is 58.7 Å². The number of rotatable bonds is 12. The van der Waals surface area contributed by atoms with Crippen LogP contribution >= 0.6 is 0 Å². The number of benzene rings is 2. The molecule has 7 heteroatoms. The molecule has 0 radical (unpaired) electrons. The van der Waals surface area contributed by atoms with Crippen LogP contribution in [0.5, 0.6) is 5.75 Å². The largest absolute Gasteiger partial charge is 0.491 e. The molecule has 0 aliphatic rings. The van der Waals surface area contributed by atoms with Crippen molar-refractivity contribution in [3.63, 3.8) is 0 Å². The zero-order valence-corrected chi connectivity index (χ0v) is 19.4. The second-order valence-corrected chi connectivity index (χ2v) is 7.66. The van der Waals surface area contributed by atoms with Crippen molar-refractivity contribution in [1.29, 1.82) is 5.41 Å². The summed E-state index contributed by atoms with van der Waals surface area (Å²) in [4.78, 5) is 13.1. The monoisotopic (exact) mass is 441 g/mol. The Labute approximate surface area is 190 Å². The number of nitrogens with two attached hydrogens (primary N) is 1. The number of hydrogen-bond donors (Lipinski definition) is 4. The minimum Gasteiger partial charge on any atom is -0.491 e. The van der Waals surface area contributed by atoms with Crippen LogP contribution in [0.4, 0.5) is 5.69 Å². The van der Waals surface area contributed by atoms with Gasteiger partial charge < -0.3 is 25.6 Å². The van der Waals surface area contributed by atoms with Crippen molar-refractivity contribution < 1.29 is 19.4 Å². The summed E-state index contributed by atoms with van der Waals surface area (Å²) in [6.07, 6.45) is 1.71. The third-order valence-electron chi connectivity index (χ3n) is 5.44. The van der Waals surface area contributed by atoms with Crippen LogP contribution in [0.3, 0.4) is 0 Å². The van der Waals surface area contributed by atoms with Crippen LogP contribution in [0.25, 0.3) is 0 Å². The summed E-state index contributed by atoms with van der Waals surface area (Å²) in [5.41, 5.74) is 9.63. The van der Waals surface area contributed by atoms with Crippen molar-refractivity contribution in [3.8, 4) is 5.75 Å². The summed E-state index contributed by atoms with van der Waals surface area (Å²) in [5.74, 6) is 0.385. The Morgan fingerprint density at radius 3 is 2.34 bits per heavy atom. The second-order valence-electron chi connectivity index (χ2n) is 7.66. The predicted molar refractivity (Wildman–Crippen MR) is 128 cm³/mol. The maximum Gasteiger partial charge on any atom is 0.333 e. The summed E-state index contributed by atoms with van der Waals surface area (Å²) in [6.45, 7) is 8.32. The van der Waals surface area contributed by atoms with Gasteiger partial charge in [-0.3, -0.25) is 5.41 Å². The summed E-state index contributed by atoms with van der Waals surface area (Å²) in [5, 5.41) is 20.2. The van der Waals surface area contributed by atoms with Crippen LogP contribution in [0.1, 0.15) is 68.3 Å². The van der Waals surface area contributed by atoms with Gasteiger partial charge in [0.05, 0.1) is 13.2 Å². The number of esters is 1. The Morgan fingerprint density at radius 2 is 1.81 bits per heavy atom. The lowest BCUT2D eigenvalue weighted by molar-refractivity contribution is -0.144. The lowest BCUT2D eigenvalue weighted by Crippen LogP contribution is -2.25. The van der Waals surface area contributed by atoms with E-state index in [1.165, 1.54) is 0 Å². The second kappa shape index (κ2) is 12.1. The number of anilines is 1. The predicted octanol–water partition coefficient (Wildman–Crippen LogP) is 4.13.